The van der Waals surface area contributed by atoms with Gasteiger partial charge in [0.25, 0.3) is 5.91 Å². The highest BCUT2D eigenvalue weighted by Gasteiger charge is 2.48. The molecule has 0 bridgehead atoms. The fraction of sp³-hybridized carbons (Fsp3) is 0.333. The topological polar surface area (TPSA) is 55.9 Å². The zero-order chi connectivity index (χ0) is 31.0. The first kappa shape index (κ1) is 29.3. The highest BCUT2D eigenvalue weighted by Crippen LogP contribution is 2.51. The van der Waals surface area contributed by atoms with Crippen molar-refractivity contribution in [2.24, 2.45) is 0 Å². The summed E-state index contributed by atoms with van der Waals surface area (Å²) in [5, 5.41) is 3.17. The number of hydrogen-bond acceptors (Lipinski definition) is 4. The van der Waals surface area contributed by atoms with E-state index in [1.54, 1.807) is 0 Å². The molecular weight excluding hydrogens is 556 g/mol. The second-order valence-corrected chi connectivity index (χ2v) is 12.8. The van der Waals surface area contributed by atoms with Gasteiger partial charge in [-0.05, 0) is 78.7 Å². The van der Waals surface area contributed by atoms with Crippen molar-refractivity contribution in [2.75, 3.05) is 44.2 Å². The summed E-state index contributed by atoms with van der Waals surface area (Å²) in [4.78, 5) is 34.1. The highest BCUT2D eigenvalue weighted by atomic mass is 16.2. The van der Waals surface area contributed by atoms with Crippen LogP contribution in [0.4, 0.5) is 5.69 Å². The second kappa shape index (κ2) is 12.2. The molecule has 2 aliphatic heterocycles. The highest BCUT2D eigenvalue weighted by molar-refractivity contribution is 6.01. The van der Waals surface area contributed by atoms with Crippen molar-refractivity contribution < 1.29 is 9.59 Å². The SMILES string of the molecule is CCNC(=O)C1(CCCN2CCN(c3ccc4c(c3)C(=O)N(Cc3cccc(C)c3)C4)CC2)c2ccccc2-c2ccccc21. The molecule has 45 heavy (non-hydrogen) atoms. The third kappa shape index (κ3) is 5.31. The molecule has 0 unspecified atom stereocenters. The number of rotatable bonds is 9. The van der Waals surface area contributed by atoms with E-state index in [1.165, 1.54) is 22.3 Å². The van der Waals surface area contributed by atoms with Crippen molar-refractivity contribution in [1.82, 2.24) is 15.1 Å². The normalized spacial score (nSPS) is 16.8. The number of fused-ring (bicyclic) bond motifs is 4. The fourth-order valence-electron chi connectivity index (χ4n) is 7.77. The molecule has 7 rings (SSSR count). The third-order valence-electron chi connectivity index (χ3n) is 9.98. The van der Waals surface area contributed by atoms with E-state index in [0.717, 1.165) is 73.5 Å². The average Bonchev–Trinajstić information content (AvgIpc) is 3.53. The van der Waals surface area contributed by atoms with Crippen LogP contribution in [0.3, 0.4) is 0 Å². The summed E-state index contributed by atoms with van der Waals surface area (Å²) in [7, 11) is 0. The summed E-state index contributed by atoms with van der Waals surface area (Å²) in [5.41, 5.74) is 9.44. The number of likely N-dealkylation sites (N-methyl/N-ethyl adjacent to an activating group) is 1. The smallest absolute Gasteiger partial charge is 0.254 e. The minimum Gasteiger partial charge on any atom is -0.369 e. The van der Waals surface area contributed by atoms with E-state index >= 15 is 0 Å². The van der Waals surface area contributed by atoms with E-state index in [2.05, 4.69) is 113 Å². The number of benzene rings is 4. The Morgan fingerprint density at radius 1 is 0.822 bits per heavy atom. The number of carbonyl (C=O) groups excluding carboxylic acids is 2. The van der Waals surface area contributed by atoms with Crippen molar-refractivity contribution in [3.05, 3.63) is 124 Å². The predicted octanol–water partition coefficient (Wildman–Crippen LogP) is 6.16. The Kier molecular flexibility index (Phi) is 7.92. The molecule has 0 saturated carbocycles. The van der Waals surface area contributed by atoms with Gasteiger partial charge < -0.3 is 15.1 Å². The quantitative estimate of drug-likeness (QED) is 0.251. The molecule has 4 aromatic rings. The van der Waals surface area contributed by atoms with E-state index in [9.17, 15) is 9.59 Å². The van der Waals surface area contributed by atoms with Gasteiger partial charge in [-0.3, -0.25) is 14.5 Å². The van der Waals surface area contributed by atoms with E-state index in [1.807, 2.05) is 11.8 Å². The second-order valence-electron chi connectivity index (χ2n) is 12.8. The number of piperazine rings is 1. The zero-order valence-corrected chi connectivity index (χ0v) is 26.4. The summed E-state index contributed by atoms with van der Waals surface area (Å²) in [6, 6.07) is 31.7. The van der Waals surface area contributed by atoms with Crippen LogP contribution in [0, 0.1) is 6.92 Å². The van der Waals surface area contributed by atoms with Crippen molar-refractivity contribution in [3.63, 3.8) is 0 Å². The number of aryl methyl sites for hydroxylation is 1. The standard InChI is InChI=1S/C39H42N4O2/c1-3-40-38(45)39(35-14-6-4-12-32(35)33-13-5-7-15-36(33)39)18-9-19-41-20-22-42(23-21-41)31-17-16-30-27-43(37(44)34(30)25-31)26-29-11-8-10-28(2)24-29/h4-8,10-17,24-25H,3,9,18-23,26-27H2,1-2H3,(H,40,45). The molecule has 1 fully saturated rings. The molecule has 1 aliphatic carbocycles. The molecule has 6 heteroatoms. The number of carbonyl (C=O) groups is 2. The molecule has 2 amide bonds. The Hall–Kier alpha value is -4.42. The number of hydrogen-bond donors (Lipinski definition) is 1. The first-order chi connectivity index (χ1) is 22.0. The lowest BCUT2D eigenvalue weighted by molar-refractivity contribution is -0.125. The van der Waals surface area contributed by atoms with Gasteiger partial charge in [0.2, 0.25) is 5.91 Å². The minimum absolute atomic E-state index is 0.107. The molecule has 1 saturated heterocycles. The van der Waals surface area contributed by atoms with Crippen LogP contribution in [0.25, 0.3) is 11.1 Å². The van der Waals surface area contributed by atoms with Crippen LogP contribution in [-0.4, -0.2) is 60.9 Å². The van der Waals surface area contributed by atoms with Crippen molar-refractivity contribution in [1.29, 1.82) is 0 Å². The number of amides is 2. The van der Waals surface area contributed by atoms with E-state index in [-0.39, 0.29) is 11.8 Å². The summed E-state index contributed by atoms with van der Waals surface area (Å²) >= 11 is 0. The molecule has 1 N–H and O–H groups in total. The van der Waals surface area contributed by atoms with Gasteiger partial charge in [0.05, 0.1) is 0 Å². The third-order valence-corrected chi connectivity index (χ3v) is 9.98. The Labute approximate surface area is 266 Å². The van der Waals surface area contributed by atoms with Gasteiger partial charge >= 0.3 is 0 Å². The lowest BCUT2D eigenvalue weighted by Gasteiger charge is -2.37. The minimum atomic E-state index is -0.658. The average molecular weight is 599 g/mol. The summed E-state index contributed by atoms with van der Waals surface area (Å²) in [6.07, 6.45) is 1.71. The Balaban J connectivity index is 0.990. The van der Waals surface area contributed by atoms with Crippen molar-refractivity contribution in [2.45, 2.75) is 45.2 Å². The van der Waals surface area contributed by atoms with Crippen LogP contribution in [0.1, 0.15) is 57.9 Å². The number of nitrogens with zero attached hydrogens (tertiary/aromatic N) is 3. The van der Waals surface area contributed by atoms with Gasteiger partial charge in [0.1, 0.15) is 5.41 Å². The number of anilines is 1. The Morgan fingerprint density at radius 3 is 2.22 bits per heavy atom. The molecule has 0 aromatic heterocycles. The summed E-state index contributed by atoms with van der Waals surface area (Å²) in [6.45, 7) is 10.7. The van der Waals surface area contributed by atoms with E-state index < -0.39 is 5.41 Å². The fourth-order valence-corrected chi connectivity index (χ4v) is 7.77. The molecule has 0 radical (unpaired) electrons. The molecule has 6 nitrogen and oxygen atoms in total. The molecule has 3 aliphatic rings. The van der Waals surface area contributed by atoms with Crippen LogP contribution in [0.15, 0.2) is 91.0 Å². The summed E-state index contributed by atoms with van der Waals surface area (Å²) in [5.74, 6) is 0.235. The molecule has 2 heterocycles. The monoisotopic (exact) mass is 598 g/mol. The first-order valence-corrected chi connectivity index (χ1v) is 16.4. The predicted molar refractivity (Wildman–Crippen MR) is 180 cm³/mol. The Morgan fingerprint density at radius 2 is 1.53 bits per heavy atom. The lowest BCUT2D eigenvalue weighted by atomic mass is 9.73. The molecule has 0 spiro atoms. The molecular formula is C39H42N4O2. The van der Waals surface area contributed by atoms with E-state index in [0.29, 0.717) is 19.6 Å². The maximum Gasteiger partial charge on any atom is 0.254 e. The Bertz CT molecular complexity index is 1690. The maximum absolute atomic E-state index is 13.8. The van der Waals surface area contributed by atoms with E-state index in [4.69, 9.17) is 0 Å². The largest absolute Gasteiger partial charge is 0.369 e. The molecule has 230 valence electrons. The van der Waals surface area contributed by atoms with Gasteiger partial charge in [-0.25, -0.2) is 0 Å². The van der Waals surface area contributed by atoms with Crippen LogP contribution in [0.2, 0.25) is 0 Å². The van der Waals surface area contributed by atoms with Gasteiger partial charge in [-0.1, -0.05) is 84.4 Å². The summed E-state index contributed by atoms with van der Waals surface area (Å²) < 4.78 is 0. The van der Waals surface area contributed by atoms with Crippen LogP contribution in [-0.2, 0) is 23.3 Å². The van der Waals surface area contributed by atoms with Crippen LogP contribution in [0.5, 0.6) is 0 Å². The maximum atomic E-state index is 13.8. The zero-order valence-electron chi connectivity index (χ0n) is 26.4. The number of nitrogens with one attached hydrogen (secondary N) is 1. The van der Waals surface area contributed by atoms with Crippen LogP contribution < -0.4 is 10.2 Å². The molecule has 0 atom stereocenters. The van der Waals surface area contributed by atoms with Gasteiger partial charge in [0.15, 0.2) is 0 Å². The lowest BCUT2D eigenvalue weighted by Crippen LogP contribution is -2.47. The van der Waals surface area contributed by atoms with Crippen molar-refractivity contribution >= 4 is 17.5 Å². The van der Waals surface area contributed by atoms with Gasteiger partial charge in [0, 0.05) is 57.1 Å². The van der Waals surface area contributed by atoms with Gasteiger partial charge in [-0.2, -0.15) is 0 Å². The first-order valence-electron chi connectivity index (χ1n) is 16.4. The van der Waals surface area contributed by atoms with Crippen LogP contribution >= 0.6 is 0 Å². The van der Waals surface area contributed by atoms with Crippen molar-refractivity contribution in [3.8, 4) is 11.1 Å². The van der Waals surface area contributed by atoms with Gasteiger partial charge in [-0.15, -0.1) is 0 Å². The molecule has 4 aromatic carbocycles.